The Labute approximate surface area is 193 Å². The average molecular weight is 471 g/mol. The maximum Gasteiger partial charge on any atom is 0.321 e. The van der Waals surface area contributed by atoms with E-state index in [0.29, 0.717) is 29.3 Å². The van der Waals surface area contributed by atoms with Crippen LogP contribution < -0.4 is 10.1 Å². The first-order valence-electron chi connectivity index (χ1n) is 10.5. The van der Waals surface area contributed by atoms with Gasteiger partial charge in [0.25, 0.3) is 5.91 Å². The van der Waals surface area contributed by atoms with Crippen molar-refractivity contribution < 1.29 is 27.1 Å². The standard InChI is InChI=1S/C25H21F4N3O2/c1-15(31-24(33)25(2,28)29)23(16-4-3-5-19(27)12-16)34-21-10-11-22-17(13-21)14-30-32(22)20-8-6-18(26)7-9-20/h3-15,23H,1-2H3,(H,31,33)/t15-,23-/m0/s1. The van der Waals surface area contributed by atoms with Gasteiger partial charge >= 0.3 is 5.92 Å². The molecular weight excluding hydrogens is 450 g/mol. The van der Waals surface area contributed by atoms with Crippen molar-refractivity contribution in [1.29, 1.82) is 0 Å². The van der Waals surface area contributed by atoms with Crippen molar-refractivity contribution in [2.75, 3.05) is 0 Å². The number of amides is 1. The van der Waals surface area contributed by atoms with Crippen molar-refractivity contribution in [3.05, 3.63) is 90.1 Å². The minimum Gasteiger partial charge on any atom is -0.484 e. The summed E-state index contributed by atoms with van der Waals surface area (Å²) in [4.78, 5) is 11.8. The highest BCUT2D eigenvalue weighted by Crippen LogP contribution is 2.29. The van der Waals surface area contributed by atoms with Crippen LogP contribution >= 0.6 is 0 Å². The number of nitrogens with one attached hydrogen (secondary N) is 1. The molecule has 0 fully saturated rings. The Morgan fingerprint density at radius 3 is 2.44 bits per heavy atom. The number of aromatic nitrogens is 2. The summed E-state index contributed by atoms with van der Waals surface area (Å²) in [5.41, 5.74) is 1.77. The summed E-state index contributed by atoms with van der Waals surface area (Å²) in [6.45, 7) is 2.00. The van der Waals surface area contributed by atoms with Gasteiger partial charge in [0.15, 0.2) is 0 Å². The molecule has 1 heterocycles. The van der Waals surface area contributed by atoms with E-state index in [4.69, 9.17) is 4.74 Å². The van der Waals surface area contributed by atoms with Crippen molar-refractivity contribution in [3.63, 3.8) is 0 Å². The molecule has 0 radical (unpaired) electrons. The lowest BCUT2D eigenvalue weighted by atomic mass is 10.0. The number of hydrogen-bond acceptors (Lipinski definition) is 3. The minimum atomic E-state index is -3.57. The van der Waals surface area contributed by atoms with Crippen LogP contribution in [0, 0.1) is 11.6 Å². The Balaban J connectivity index is 1.64. The van der Waals surface area contributed by atoms with Gasteiger partial charge in [0.05, 0.1) is 23.4 Å². The number of fused-ring (bicyclic) bond motifs is 1. The van der Waals surface area contributed by atoms with Gasteiger partial charge in [0, 0.05) is 12.3 Å². The molecule has 34 heavy (non-hydrogen) atoms. The van der Waals surface area contributed by atoms with Crippen LogP contribution in [0.4, 0.5) is 17.6 Å². The number of nitrogens with zero attached hydrogens (tertiary/aromatic N) is 2. The van der Waals surface area contributed by atoms with E-state index in [1.54, 1.807) is 47.3 Å². The van der Waals surface area contributed by atoms with Gasteiger partial charge in [0.1, 0.15) is 23.5 Å². The van der Waals surface area contributed by atoms with Crippen LogP contribution in [0.25, 0.3) is 16.6 Å². The van der Waals surface area contributed by atoms with Gasteiger partial charge in [-0.15, -0.1) is 0 Å². The van der Waals surface area contributed by atoms with Crippen LogP contribution in [-0.2, 0) is 4.79 Å². The molecule has 0 spiro atoms. The fraction of sp³-hybridized carbons (Fsp3) is 0.200. The summed E-state index contributed by atoms with van der Waals surface area (Å²) >= 11 is 0. The van der Waals surface area contributed by atoms with Crippen molar-refractivity contribution in [1.82, 2.24) is 15.1 Å². The third kappa shape index (κ3) is 5.03. The SMILES string of the molecule is C[C@H](NC(=O)C(C)(F)F)[C@H](Oc1ccc2c(cnn2-c2ccc(F)cc2)c1)c1cccc(F)c1. The lowest BCUT2D eigenvalue weighted by Crippen LogP contribution is -2.46. The van der Waals surface area contributed by atoms with Crippen molar-refractivity contribution in [2.24, 2.45) is 0 Å². The first kappa shape index (κ1) is 23.3. The second-order valence-corrected chi connectivity index (χ2v) is 8.00. The lowest BCUT2D eigenvalue weighted by molar-refractivity contribution is -0.144. The van der Waals surface area contributed by atoms with Gasteiger partial charge in [0.2, 0.25) is 0 Å². The highest BCUT2D eigenvalue weighted by Gasteiger charge is 2.35. The number of ether oxygens (including phenoxy) is 1. The topological polar surface area (TPSA) is 56.1 Å². The number of carbonyl (C=O) groups is 1. The molecular formula is C25H21F4N3O2. The Hall–Kier alpha value is -3.88. The van der Waals surface area contributed by atoms with Crippen LogP contribution in [0.2, 0.25) is 0 Å². The van der Waals surface area contributed by atoms with E-state index < -0.39 is 29.8 Å². The fourth-order valence-electron chi connectivity index (χ4n) is 3.57. The highest BCUT2D eigenvalue weighted by atomic mass is 19.3. The summed E-state index contributed by atoms with van der Waals surface area (Å²) in [6, 6.07) is 15.6. The fourth-order valence-corrected chi connectivity index (χ4v) is 3.57. The van der Waals surface area contributed by atoms with Crippen molar-refractivity contribution in [3.8, 4) is 11.4 Å². The van der Waals surface area contributed by atoms with E-state index in [1.807, 2.05) is 0 Å². The van der Waals surface area contributed by atoms with Gasteiger partial charge in [-0.1, -0.05) is 12.1 Å². The molecule has 176 valence electrons. The second kappa shape index (κ2) is 9.17. The second-order valence-electron chi connectivity index (χ2n) is 8.00. The third-order valence-electron chi connectivity index (χ3n) is 5.26. The smallest absolute Gasteiger partial charge is 0.321 e. The first-order chi connectivity index (χ1) is 16.1. The van der Waals surface area contributed by atoms with Crippen LogP contribution in [0.3, 0.4) is 0 Å². The molecule has 0 unspecified atom stereocenters. The number of halogens is 4. The summed E-state index contributed by atoms with van der Waals surface area (Å²) in [6.07, 6.45) is 0.651. The van der Waals surface area contributed by atoms with E-state index in [2.05, 4.69) is 10.4 Å². The van der Waals surface area contributed by atoms with Crippen LogP contribution in [0.1, 0.15) is 25.5 Å². The summed E-state index contributed by atoms with van der Waals surface area (Å²) in [5, 5.41) is 7.28. The molecule has 2 atom stereocenters. The maximum atomic E-state index is 13.9. The number of hydrogen-bond donors (Lipinski definition) is 1. The zero-order valence-corrected chi connectivity index (χ0v) is 18.3. The molecule has 1 aromatic heterocycles. The molecule has 0 saturated heterocycles. The minimum absolute atomic E-state index is 0.360. The normalized spacial score (nSPS) is 13.5. The summed E-state index contributed by atoms with van der Waals surface area (Å²) in [5.74, 6) is -5.55. The molecule has 3 aromatic carbocycles. The molecule has 0 aliphatic heterocycles. The molecule has 4 aromatic rings. The van der Waals surface area contributed by atoms with Gasteiger partial charge in [-0.05, 0) is 67.1 Å². The van der Waals surface area contributed by atoms with E-state index >= 15 is 0 Å². The molecule has 0 bridgehead atoms. The predicted octanol–water partition coefficient (Wildman–Crippen LogP) is 5.58. The van der Waals surface area contributed by atoms with Gasteiger partial charge in [-0.25, -0.2) is 13.5 Å². The summed E-state index contributed by atoms with van der Waals surface area (Å²) < 4.78 is 61.7. The van der Waals surface area contributed by atoms with Crippen LogP contribution in [-0.4, -0.2) is 27.7 Å². The summed E-state index contributed by atoms with van der Waals surface area (Å²) in [7, 11) is 0. The Kier molecular flexibility index (Phi) is 6.28. The number of carbonyl (C=O) groups excluding carboxylic acids is 1. The van der Waals surface area contributed by atoms with Gasteiger partial charge < -0.3 is 10.1 Å². The molecule has 1 amide bonds. The van der Waals surface area contributed by atoms with E-state index in [1.165, 1.54) is 37.3 Å². The molecule has 4 rings (SSSR count). The van der Waals surface area contributed by atoms with E-state index in [9.17, 15) is 22.4 Å². The molecule has 1 N–H and O–H groups in total. The number of rotatable bonds is 7. The Morgan fingerprint density at radius 2 is 1.76 bits per heavy atom. The Morgan fingerprint density at radius 1 is 1.03 bits per heavy atom. The van der Waals surface area contributed by atoms with Crippen LogP contribution in [0.15, 0.2) is 72.9 Å². The van der Waals surface area contributed by atoms with Gasteiger partial charge in [-0.3, -0.25) is 4.79 Å². The Bertz CT molecular complexity index is 1320. The maximum absolute atomic E-state index is 13.9. The van der Waals surface area contributed by atoms with E-state index in [-0.39, 0.29) is 5.82 Å². The molecule has 9 heteroatoms. The first-order valence-corrected chi connectivity index (χ1v) is 10.5. The quantitative estimate of drug-likeness (QED) is 0.358. The van der Waals surface area contributed by atoms with Crippen LogP contribution in [0.5, 0.6) is 5.75 Å². The third-order valence-corrected chi connectivity index (χ3v) is 5.26. The lowest BCUT2D eigenvalue weighted by Gasteiger charge is -2.27. The zero-order chi connectivity index (χ0) is 24.5. The zero-order valence-electron chi connectivity index (χ0n) is 18.3. The van der Waals surface area contributed by atoms with Gasteiger partial charge in [-0.2, -0.15) is 13.9 Å². The van der Waals surface area contributed by atoms with E-state index in [0.717, 1.165) is 5.52 Å². The number of alkyl halides is 2. The number of benzene rings is 3. The molecule has 0 saturated carbocycles. The average Bonchev–Trinajstić information content (AvgIpc) is 3.20. The molecule has 0 aliphatic carbocycles. The molecule has 5 nitrogen and oxygen atoms in total. The largest absolute Gasteiger partial charge is 0.484 e. The van der Waals surface area contributed by atoms with Crippen molar-refractivity contribution in [2.45, 2.75) is 31.9 Å². The predicted molar refractivity (Wildman–Crippen MR) is 119 cm³/mol. The molecule has 0 aliphatic rings. The highest BCUT2D eigenvalue weighted by molar-refractivity contribution is 5.83. The monoisotopic (exact) mass is 471 g/mol. The van der Waals surface area contributed by atoms with Crippen molar-refractivity contribution >= 4 is 16.8 Å².